The molecule has 0 amide bonds. The Hall–Kier alpha value is -2.49. The molecule has 0 radical (unpaired) electrons. The van der Waals surface area contributed by atoms with Crippen molar-refractivity contribution >= 4 is 46.5 Å². The van der Waals surface area contributed by atoms with Gasteiger partial charge in [-0.3, -0.25) is 4.99 Å². The summed E-state index contributed by atoms with van der Waals surface area (Å²) in [6.45, 7) is 1.81. The van der Waals surface area contributed by atoms with Crippen molar-refractivity contribution in [3.63, 3.8) is 0 Å². The highest BCUT2D eigenvalue weighted by Gasteiger charge is 2.11. The van der Waals surface area contributed by atoms with E-state index in [0.717, 1.165) is 34.3 Å². The van der Waals surface area contributed by atoms with Crippen molar-refractivity contribution in [1.82, 2.24) is 4.98 Å². The van der Waals surface area contributed by atoms with Crippen molar-refractivity contribution in [3.05, 3.63) is 54.0 Å². The van der Waals surface area contributed by atoms with Gasteiger partial charge in [0, 0.05) is 41.8 Å². The van der Waals surface area contributed by atoms with E-state index in [2.05, 4.69) is 15.3 Å². The van der Waals surface area contributed by atoms with E-state index >= 15 is 0 Å². The third-order valence-corrected chi connectivity index (χ3v) is 4.41. The van der Waals surface area contributed by atoms with Crippen molar-refractivity contribution in [3.8, 4) is 11.5 Å². The number of aromatic nitrogens is 1. The summed E-state index contributed by atoms with van der Waals surface area (Å²) in [6.07, 6.45) is 3.45. The summed E-state index contributed by atoms with van der Waals surface area (Å²) in [5.41, 5.74) is 8.65. The Bertz CT molecular complexity index is 989. The van der Waals surface area contributed by atoms with Crippen molar-refractivity contribution in [2.24, 2.45) is 10.7 Å². The fourth-order valence-electron chi connectivity index (χ4n) is 3.09. The van der Waals surface area contributed by atoms with Gasteiger partial charge in [-0.05, 0) is 42.3 Å². The first-order chi connectivity index (χ1) is 13.2. The van der Waals surface area contributed by atoms with Gasteiger partial charge < -0.3 is 25.5 Å². The van der Waals surface area contributed by atoms with Crippen LogP contribution in [0.1, 0.15) is 12.0 Å². The third-order valence-electron chi connectivity index (χ3n) is 4.41. The molecule has 2 heterocycles. The van der Waals surface area contributed by atoms with Crippen LogP contribution in [0, 0.1) is 5.82 Å². The van der Waals surface area contributed by atoms with Gasteiger partial charge >= 0.3 is 0 Å². The minimum absolute atomic E-state index is 0. The number of nitrogens with two attached hydrogens (primary N) is 1. The van der Waals surface area contributed by atoms with Gasteiger partial charge in [-0.15, -0.1) is 24.0 Å². The molecule has 0 spiro atoms. The molecule has 6 nitrogen and oxygen atoms in total. The predicted octanol–water partition coefficient (Wildman–Crippen LogP) is 4.06. The normalized spacial score (nSPS) is 13.7. The first kappa shape index (κ1) is 20.2. The van der Waals surface area contributed by atoms with E-state index in [9.17, 15) is 4.39 Å². The lowest BCUT2D eigenvalue weighted by Crippen LogP contribution is -2.23. The minimum Gasteiger partial charge on any atom is -0.490 e. The van der Waals surface area contributed by atoms with E-state index in [1.54, 1.807) is 6.07 Å². The van der Waals surface area contributed by atoms with Crippen molar-refractivity contribution in [1.29, 1.82) is 0 Å². The number of halogens is 2. The SMILES string of the molecule is I.NC(=NCCc1c[nH]c2cc(F)ccc12)Nc1ccc2c(c1)OCCCO2. The number of hydrogen-bond donors (Lipinski definition) is 3. The second kappa shape index (κ2) is 9.13. The van der Waals surface area contributed by atoms with Crippen LogP contribution in [0.3, 0.4) is 0 Å². The number of nitrogens with zero attached hydrogens (tertiary/aromatic N) is 1. The van der Waals surface area contributed by atoms with E-state index in [1.165, 1.54) is 12.1 Å². The smallest absolute Gasteiger partial charge is 0.193 e. The van der Waals surface area contributed by atoms with Crippen LogP contribution in [-0.2, 0) is 6.42 Å². The maximum absolute atomic E-state index is 13.3. The van der Waals surface area contributed by atoms with E-state index in [4.69, 9.17) is 15.2 Å². The number of anilines is 1. The molecule has 28 heavy (non-hydrogen) atoms. The van der Waals surface area contributed by atoms with E-state index < -0.39 is 0 Å². The van der Waals surface area contributed by atoms with Crippen molar-refractivity contribution in [2.45, 2.75) is 12.8 Å². The molecule has 1 aliphatic heterocycles. The molecule has 0 unspecified atom stereocenters. The van der Waals surface area contributed by atoms with Gasteiger partial charge in [0.1, 0.15) is 5.82 Å². The molecule has 1 aliphatic rings. The molecule has 3 aromatic rings. The van der Waals surface area contributed by atoms with Gasteiger partial charge in [-0.25, -0.2) is 4.39 Å². The molecule has 4 N–H and O–H groups in total. The van der Waals surface area contributed by atoms with Gasteiger partial charge in [0.2, 0.25) is 0 Å². The standard InChI is InChI=1S/C20H21FN4O2.HI/c21-14-2-4-16-13(12-24-17(16)10-14)6-7-23-20(22)25-15-3-5-18-19(11-15)27-9-1-8-26-18;/h2-5,10-12,24H,1,6-9H2,(H3,22,23,25);1H. The van der Waals surface area contributed by atoms with Gasteiger partial charge in [0.15, 0.2) is 17.5 Å². The molecule has 8 heteroatoms. The number of aliphatic imine (C=N–C) groups is 1. The summed E-state index contributed by atoms with van der Waals surface area (Å²) in [5.74, 6) is 1.52. The summed E-state index contributed by atoms with van der Waals surface area (Å²) < 4.78 is 24.5. The molecule has 2 aromatic carbocycles. The molecule has 4 rings (SSSR count). The van der Waals surface area contributed by atoms with Crippen LogP contribution in [0.5, 0.6) is 11.5 Å². The molecule has 1 aromatic heterocycles. The summed E-state index contributed by atoms with van der Waals surface area (Å²) in [6, 6.07) is 10.3. The van der Waals surface area contributed by atoms with E-state index in [0.29, 0.717) is 37.9 Å². The lowest BCUT2D eigenvalue weighted by Gasteiger charge is -2.10. The topological polar surface area (TPSA) is 84.7 Å². The number of hydrogen-bond acceptors (Lipinski definition) is 3. The van der Waals surface area contributed by atoms with Crippen LogP contribution < -0.4 is 20.5 Å². The van der Waals surface area contributed by atoms with E-state index in [-0.39, 0.29) is 29.8 Å². The molecule has 148 valence electrons. The van der Waals surface area contributed by atoms with Crippen LogP contribution in [0.2, 0.25) is 0 Å². The number of nitrogens with one attached hydrogen (secondary N) is 2. The lowest BCUT2D eigenvalue weighted by molar-refractivity contribution is 0.297. The van der Waals surface area contributed by atoms with Crippen LogP contribution >= 0.6 is 24.0 Å². The largest absolute Gasteiger partial charge is 0.490 e. The van der Waals surface area contributed by atoms with Crippen LogP contribution in [0.4, 0.5) is 10.1 Å². The molecule has 0 saturated carbocycles. The first-order valence-corrected chi connectivity index (χ1v) is 8.91. The van der Waals surface area contributed by atoms with Gasteiger partial charge in [-0.2, -0.15) is 0 Å². The molecular weight excluding hydrogens is 474 g/mol. The molecule has 0 fully saturated rings. The Morgan fingerprint density at radius 1 is 1.14 bits per heavy atom. The molecular formula is C20H22FIN4O2. The zero-order valence-corrected chi connectivity index (χ0v) is 17.5. The summed E-state index contributed by atoms with van der Waals surface area (Å²) in [7, 11) is 0. The zero-order chi connectivity index (χ0) is 18.6. The summed E-state index contributed by atoms with van der Waals surface area (Å²) in [5, 5.41) is 4.07. The second-order valence-corrected chi connectivity index (χ2v) is 6.36. The monoisotopic (exact) mass is 496 g/mol. The Balaban J connectivity index is 0.00000225. The second-order valence-electron chi connectivity index (χ2n) is 6.36. The maximum atomic E-state index is 13.3. The summed E-state index contributed by atoms with van der Waals surface area (Å²) >= 11 is 0. The zero-order valence-electron chi connectivity index (χ0n) is 15.2. The molecule has 0 bridgehead atoms. The minimum atomic E-state index is -0.252. The Labute approximate surface area is 179 Å². The average Bonchev–Trinajstić information content (AvgIpc) is 2.89. The Morgan fingerprint density at radius 3 is 2.82 bits per heavy atom. The van der Waals surface area contributed by atoms with Gasteiger partial charge in [-0.1, -0.05) is 0 Å². The van der Waals surface area contributed by atoms with E-state index in [1.807, 2.05) is 24.4 Å². The lowest BCUT2D eigenvalue weighted by atomic mass is 10.1. The molecule has 0 atom stereocenters. The van der Waals surface area contributed by atoms with Crippen molar-refractivity contribution in [2.75, 3.05) is 25.1 Å². The highest BCUT2D eigenvalue weighted by atomic mass is 127. The molecule has 0 saturated heterocycles. The van der Waals surface area contributed by atoms with Gasteiger partial charge in [0.05, 0.1) is 13.2 Å². The fraction of sp³-hybridized carbons (Fsp3) is 0.250. The predicted molar refractivity (Wildman–Crippen MR) is 120 cm³/mol. The maximum Gasteiger partial charge on any atom is 0.193 e. The Morgan fingerprint density at radius 2 is 1.96 bits per heavy atom. The fourth-order valence-corrected chi connectivity index (χ4v) is 3.09. The van der Waals surface area contributed by atoms with Crippen molar-refractivity contribution < 1.29 is 13.9 Å². The quantitative estimate of drug-likeness (QED) is 0.289. The average molecular weight is 496 g/mol. The highest BCUT2D eigenvalue weighted by molar-refractivity contribution is 14.0. The van der Waals surface area contributed by atoms with Crippen LogP contribution in [0.25, 0.3) is 10.9 Å². The number of guanidine groups is 1. The first-order valence-electron chi connectivity index (χ1n) is 8.91. The number of fused-ring (bicyclic) bond motifs is 2. The highest BCUT2D eigenvalue weighted by Crippen LogP contribution is 2.32. The summed E-state index contributed by atoms with van der Waals surface area (Å²) in [4.78, 5) is 7.45. The third kappa shape index (κ3) is 4.67. The van der Waals surface area contributed by atoms with Crippen LogP contribution in [0.15, 0.2) is 47.6 Å². The van der Waals surface area contributed by atoms with Gasteiger partial charge in [0.25, 0.3) is 0 Å². The number of ether oxygens (including phenoxy) is 2. The number of aromatic amines is 1. The number of H-pyrrole nitrogens is 1. The number of benzene rings is 2. The van der Waals surface area contributed by atoms with Crippen LogP contribution in [-0.4, -0.2) is 30.7 Å². The Kier molecular flexibility index (Phi) is 6.61. The number of rotatable bonds is 4. The molecule has 0 aliphatic carbocycles.